The molecule has 0 saturated carbocycles. The smallest absolute Gasteiger partial charge is 0.188 e. The molecule has 0 aliphatic carbocycles. The second kappa shape index (κ2) is 18.5. The Labute approximate surface area is 137 Å². The summed E-state index contributed by atoms with van der Waals surface area (Å²) in [7, 11) is 0. The average molecular weight is 316 g/mol. The molecular weight excluding hydrogens is 280 g/mol. The van der Waals surface area contributed by atoms with Crippen molar-refractivity contribution in [2.75, 3.05) is 26.6 Å². The molecule has 0 aliphatic rings. The van der Waals surface area contributed by atoms with E-state index >= 15 is 0 Å². The zero-order chi connectivity index (χ0) is 16.3. The SMILES string of the molecule is CCCCCCOCOC=CCCCCC(OCC)OCC. The van der Waals surface area contributed by atoms with Gasteiger partial charge in [0.15, 0.2) is 13.1 Å². The van der Waals surface area contributed by atoms with Gasteiger partial charge in [-0.25, -0.2) is 0 Å². The average Bonchev–Trinajstić information content (AvgIpc) is 2.52. The van der Waals surface area contributed by atoms with Gasteiger partial charge >= 0.3 is 0 Å². The third-order valence-electron chi connectivity index (χ3n) is 3.25. The third kappa shape index (κ3) is 15.8. The first-order chi connectivity index (χ1) is 10.8. The normalized spacial score (nSPS) is 11.6. The quantitative estimate of drug-likeness (QED) is 0.214. The first-order valence-electron chi connectivity index (χ1n) is 8.92. The highest BCUT2D eigenvalue weighted by molar-refractivity contribution is 4.72. The Kier molecular flexibility index (Phi) is 18.0. The van der Waals surface area contributed by atoms with E-state index in [0.29, 0.717) is 20.0 Å². The Morgan fingerprint density at radius 2 is 1.64 bits per heavy atom. The maximum atomic E-state index is 5.51. The van der Waals surface area contributed by atoms with E-state index in [1.54, 1.807) is 6.26 Å². The summed E-state index contributed by atoms with van der Waals surface area (Å²) in [5.41, 5.74) is 0. The summed E-state index contributed by atoms with van der Waals surface area (Å²) in [5.74, 6) is 0. The lowest BCUT2D eigenvalue weighted by Crippen LogP contribution is -2.17. The molecule has 0 heterocycles. The molecule has 22 heavy (non-hydrogen) atoms. The molecule has 0 rings (SSSR count). The van der Waals surface area contributed by atoms with Crippen molar-refractivity contribution in [3.05, 3.63) is 12.3 Å². The summed E-state index contributed by atoms with van der Waals surface area (Å²) in [6, 6.07) is 0. The molecule has 0 radical (unpaired) electrons. The second-order valence-corrected chi connectivity index (χ2v) is 5.25. The van der Waals surface area contributed by atoms with Gasteiger partial charge < -0.3 is 18.9 Å². The van der Waals surface area contributed by atoms with E-state index in [-0.39, 0.29) is 6.29 Å². The van der Waals surface area contributed by atoms with Gasteiger partial charge in [0, 0.05) is 13.2 Å². The maximum Gasteiger partial charge on any atom is 0.188 e. The van der Waals surface area contributed by atoms with Crippen LogP contribution in [0.5, 0.6) is 0 Å². The highest BCUT2D eigenvalue weighted by Gasteiger charge is 2.06. The van der Waals surface area contributed by atoms with Gasteiger partial charge in [0.05, 0.1) is 12.9 Å². The van der Waals surface area contributed by atoms with Crippen molar-refractivity contribution in [2.24, 2.45) is 0 Å². The molecule has 0 atom stereocenters. The first-order valence-corrected chi connectivity index (χ1v) is 8.92. The second-order valence-electron chi connectivity index (χ2n) is 5.25. The molecular formula is C18H36O4. The largest absolute Gasteiger partial charge is 0.475 e. The summed E-state index contributed by atoms with van der Waals surface area (Å²) in [5, 5.41) is 0. The zero-order valence-corrected chi connectivity index (χ0v) is 14.9. The van der Waals surface area contributed by atoms with Crippen LogP contribution in [0, 0.1) is 0 Å². The highest BCUT2D eigenvalue weighted by atomic mass is 16.7. The van der Waals surface area contributed by atoms with Crippen molar-refractivity contribution in [1.82, 2.24) is 0 Å². The van der Waals surface area contributed by atoms with Crippen LogP contribution in [0.4, 0.5) is 0 Å². The lowest BCUT2D eigenvalue weighted by Gasteiger charge is -2.16. The van der Waals surface area contributed by atoms with E-state index in [4.69, 9.17) is 18.9 Å². The molecule has 0 bridgehead atoms. The maximum absolute atomic E-state index is 5.51. The monoisotopic (exact) mass is 316 g/mol. The Morgan fingerprint density at radius 1 is 0.864 bits per heavy atom. The van der Waals surface area contributed by atoms with Gasteiger partial charge in [-0.2, -0.15) is 0 Å². The van der Waals surface area contributed by atoms with Crippen LogP contribution in [-0.4, -0.2) is 32.9 Å². The summed E-state index contributed by atoms with van der Waals surface area (Å²) >= 11 is 0. The standard InChI is InChI=1S/C18H36O4/c1-4-7-8-12-15-19-17-20-16-13-10-9-11-14-18(21-5-2)22-6-3/h13,16,18H,4-12,14-15,17H2,1-3H3. The highest BCUT2D eigenvalue weighted by Crippen LogP contribution is 2.09. The molecule has 4 nitrogen and oxygen atoms in total. The van der Waals surface area contributed by atoms with Crippen molar-refractivity contribution in [3.63, 3.8) is 0 Å². The molecule has 0 N–H and O–H groups in total. The summed E-state index contributed by atoms with van der Waals surface area (Å²) in [6.45, 7) is 8.77. The molecule has 0 saturated heterocycles. The van der Waals surface area contributed by atoms with Crippen molar-refractivity contribution < 1.29 is 18.9 Å². The molecule has 0 aromatic rings. The number of allylic oxidation sites excluding steroid dienone is 1. The minimum Gasteiger partial charge on any atom is -0.475 e. The molecule has 0 unspecified atom stereocenters. The number of rotatable bonds is 17. The van der Waals surface area contributed by atoms with Crippen LogP contribution in [0.15, 0.2) is 12.3 Å². The van der Waals surface area contributed by atoms with Gasteiger partial charge in [0.2, 0.25) is 0 Å². The molecule has 4 heteroatoms. The number of hydrogen-bond acceptors (Lipinski definition) is 4. The van der Waals surface area contributed by atoms with Gasteiger partial charge in [-0.1, -0.05) is 26.2 Å². The fourth-order valence-electron chi connectivity index (χ4n) is 2.07. The van der Waals surface area contributed by atoms with Crippen LogP contribution in [-0.2, 0) is 18.9 Å². The van der Waals surface area contributed by atoms with Gasteiger partial charge in [-0.05, 0) is 52.0 Å². The van der Waals surface area contributed by atoms with E-state index in [1.807, 2.05) is 13.8 Å². The van der Waals surface area contributed by atoms with Crippen LogP contribution in [0.25, 0.3) is 0 Å². The van der Waals surface area contributed by atoms with E-state index < -0.39 is 0 Å². The number of hydrogen-bond donors (Lipinski definition) is 0. The molecule has 0 aliphatic heterocycles. The Morgan fingerprint density at radius 3 is 2.32 bits per heavy atom. The molecule has 0 aromatic carbocycles. The molecule has 132 valence electrons. The van der Waals surface area contributed by atoms with Crippen LogP contribution in [0.2, 0.25) is 0 Å². The summed E-state index contributed by atoms with van der Waals surface area (Å²) < 4.78 is 21.7. The zero-order valence-electron chi connectivity index (χ0n) is 14.9. The van der Waals surface area contributed by atoms with Crippen LogP contribution in [0.3, 0.4) is 0 Å². The number of ether oxygens (including phenoxy) is 4. The predicted molar refractivity (Wildman–Crippen MR) is 90.7 cm³/mol. The predicted octanol–water partition coefficient (Wildman–Crippen LogP) is 5.03. The van der Waals surface area contributed by atoms with Gasteiger partial charge in [-0.15, -0.1) is 0 Å². The van der Waals surface area contributed by atoms with E-state index in [2.05, 4.69) is 13.0 Å². The minimum atomic E-state index is -0.0451. The Hall–Kier alpha value is -0.580. The minimum absolute atomic E-state index is 0.0451. The van der Waals surface area contributed by atoms with Crippen molar-refractivity contribution in [2.45, 2.75) is 78.4 Å². The lowest BCUT2D eigenvalue weighted by molar-refractivity contribution is -0.140. The van der Waals surface area contributed by atoms with Crippen LogP contribution in [0.1, 0.15) is 72.1 Å². The van der Waals surface area contributed by atoms with Crippen molar-refractivity contribution in [1.29, 1.82) is 0 Å². The van der Waals surface area contributed by atoms with Crippen LogP contribution < -0.4 is 0 Å². The molecule has 0 amide bonds. The van der Waals surface area contributed by atoms with Crippen molar-refractivity contribution in [3.8, 4) is 0 Å². The summed E-state index contributed by atoms with van der Waals surface area (Å²) in [6.07, 6.45) is 12.9. The van der Waals surface area contributed by atoms with Gasteiger partial charge in [0.25, 0.3) is 0 Å². The van der Waals surface area contributed by atoms with Crippen LogP contribution >= 0.6 is 0 Å². The van der Waals surface area contributed by atoms with E-state index in [9.17, 15) is 0 Å². The Bertz CT molecular complexity index is 225. The fourth-order valence-corrected chi connectivity index (χ4v) is 2.07. The molecule has 0 spiro atoms. The van der Waals surface area contributed by atoms with E-state index in [0.717, 1.165) is 38.7 Å². The molecule has 0 aromatic heterocycles. The molecule has 0 fully saturated rings. The topological polar surface area (TPSA) is 36.9 Å². The van der Waals surface area contributed by atoms with Crippen molar-refractivity contribution >= 4 is 0 Å². The lowest BCUT2D eigenvalue weighted by atomic mass is 10.2. The number of unbranched alkanes of at least 4 members (excludes halogenated alkanes) is 5. The van der Waals surface area contributed by atoms with Gasteiger partial charge in [-0.3, -0.25) is 0 Å². The fraction of sp³-hybridized carbons (Fsp3) is 0.889. The van der Waals surface area contributed by atoms with Gasteiger partial charge in [0.1, 0.15) is 0 Å². The van der Waals surface area contributed by atoms with E-state index in [1.165, 1.54) is 19.3 Å². The summed E-state index contributed by atoms with van der Waals surface area (Å²) in [4.78, 5) is 0. The Balaban J connectivity index is 3.29. The third-order valence-corrected chi connectivity index (χ3v) is 3.25. The first kappa shape index (κ1) is 21.4.